The minimum atomic E-state index is -1.86. The molecule has 6 heavy (non-hydrogen) atoms. The third-order valence-electron chi connectivity index (χ3n) is 0. The van der Waals surface area contributed by atoms with Crippen LogP contribution in [0.15, 0.2) is 0 Å². The van der Waals surface area contributed by atoms with E-state index in [9.17, 15) is 0 Å². The van der Waals surface area contributed by atoms with E-state index in [-0.39, 0.29) is 41.4 Å². The van der Waals surface area contributed by atoms with Gasteiger partial charge in [0.05, 0.1) is 9.74 Å². The van der Waals surface area contributed by atoms with Crippen molar-refractivity contribution in [3.63, 3.8) is 0 Å². The minimum absolute atomic E-state index is 0. The van der Waals surface area contributed by atoms with Gasteiger partial charge in [0, 0.05) is 0 Å². The first kappa shape index (κ1) is 4.82. The van der Waals surface area contributed by atoms with Crippen LogP contribution in [0.5, 0.6) is 0 Å². The van der Waals surface area contributed by atoms with Crippen molar-refractivity contribution in [3.05, 3.63) is 0 Å². The Morgan fingerprint density at radius 1 is 1.50 bits per heavy atom. The number of rotatable bonds is 0. The molecule has 0 aromatic rings. The smallest absolute Gasteiger partial charge is 1.00 e. The Bertz CT molecular complexity index is 67.2. The van der Waals surface area contributed by atoms with E-state index in [1.54, 1.807) is 0 Å². The van der Waals surface area contributed by atoms with Crippen LogP contribution in [0.3, 0.4) is 0 Å². The average Bonchev–Trinajstić information content (AvgIpc) is 1.31. The summed E-state index contributed by atoms with van der Waals surface area (Å²) >= 11 is 0. The molecule has 0 heterocycles. The third kappa shape index (κ3) is 139. The number of quaternary nitrogens is 1. The predicted molar refractivity (Wildman–Crippen MR) is 14.6 cm³/mol. The molecule has 0 bridgehead atoms. The van der Waals surface area contributed by atoms with Crippen molar-refractivity contribution in [2.45, 2.75) is 0 Å². The molecule has 40 valence electrons. The van der Waals surface area contributed by atoms with Crippen molar-refractivity contribution in [2.75, 3.05) is 7.00 Å². The van der Waals surface area contributed by atoms with Crippen molar-refractivity contribution in [3.8, 4) is 0 Å². The van der Waals surface area contributed by atoms with Gasteiger partial charge in [-0.2, -0.15) is 0 Å². The van der Waals surface area contributed by atoms with E-state index in [2.05, 4.69) is 0 Å². The second-order valence-electron chi connectivity index (χ2n) is 0. The maximum atomic E-state index is 6.31. The first-order valence-electron chi connectivity index (χ1n) is 2.75. The van der Waals surface area contributed by atoms with Crippen LogP contribution in [0, 0.1) is 0 Å². The topological polar surface area (TPSA) is 27.6 Å². The first-order valence-corrected chi connectivity index (χ1v) is 0.258. The molecule has 0 rings (SSSR count). The van der Waals surface area contributed by atoms with Crippen LogP contribution < -0.4 is 19.8 Å². The zero-order valence-electron chi connectivity index (χ0n) is 7.66. The van der Waals surface area contributed by atoms with Crippen LogP contribution in [-0.4, -0.2) is 34.3 Å². The summed E-state index contributed by atoms with van der Waals surface area (Å²) in [7, 11) is 0. The molecular weight excluding hydrogens is 290 g/mol. The molecule has 0 aliphatic heterocycles. The number of hydrogen-bond acceptors (Lipinski definition) is 0. The van der Waals surface area contributed by atoms with Gasteiger partial charge in [-0.05, 0) is 0 Å². The molecule has 0 aliphatic carbocycles. The fourth-order valence-corrected chi connectivity index (χ4v) is 0. The van der Waals surface area contributed by atoms with Crippen LogP contribution in [-0.2, 0) is 0 Å². The quantitative estimate of drug-likeness (QED) is 0.431. The molecule has 3 N–H and O–H groups in total. The average molecular weight is 301 g/mol. The monoisotopic (exact) mass is 302 g/mol. The molecule has 0 aromatic carbocycles. The van der Waals surface area contributed by atoms with E-state index < -0.39 is 12.7 Å². The van der Waals surface area contributed by atoms with Crippen LogP contribution in [0.1, 0.15) is 2.74 Å². The second kappa shape index (κ2) is 274. The van der Waals surface area contributed by atoms with Gasteiger partial charge in [0.2, 0.25) is 0 Å². The molecule has 0 spiro atoms. The van der Waals surface area contributed by atoms with E-state index >= 15 is 0 Å². The van der Waals surface area contributed by atoms with Gasteiger partial charge in [0.25, 0.3) is 0 Å². The molecule has 0 saturated carbocycles. The molecule has 0 unspecified atom stereocenters. The van der Waals surface area contributed by atoms with Crippen molar-refractivity contribution >= 4 is 27.3 Å². The summed E-state index contributed by atoms with van der Waals surface area (Å²) < 4.78 is 31.5. The Kier molecular flexibility index (Phi) is 220. The van der Waals surface area contributed by atoms with Gasteiger partial charge < -0.3 is 19.8 Å². The molecule has 0 amide bonds. The predicted octanol–water partition coefficient (Wildman–Crippen LogP) is -10.5. The van der Waals surface area contributed by atoms with E-state index in [0.717, 1.165) is 0 Å². The summed E-state index contributed by atoms with van der Waals surface area (Å²) in [5.74, 6) is 0. The van der Waals surface area contributed by atoms with Crippen molar-refractivity contribution in [2.24, 2.45) is 0 Å². The van der Waals surface area contributed by atoms with Crippen LogP contribution in [0.25, 0.3) is 0 Å². The Hall–Kier alpha value is 0.672. The Morgan fingerprint density at radius 2 is 1.67 bits per heavy atom. The molecule has 0 saturated heterocycles. The molecule has 5 heteroatoms. The van der Waals surface area contributed by atoms with E-state index in [1.807, 2.05) is 0 Å². The van der Waals surface area contributed by atoms with Crippen LogP contribution >= 0.6 is 0 Å². The first-order chi connectivity index (χ1) is 2.94. The number of halogens is 3. The van der Waals surface area contributed by atoms with Gasteiger partial charge in [0.15, 0.2) is 0 Å². The molecule has 1 nitrogen and oxygen atoms in total. The summed E-state index contributed by atoms with van der Waals surface area (Å²) in [4.78, 5) is 0. The fourth-order valence-electron chi connectivity index (χ4n) is 0. The molecule has 0 aliphatic rings. The summed E-state index contributed by atoms with van der Waals surface area (Å²) in [6, 6.07) is 0. The fraction of sp³-hybridized carbons (Fsp3) is 1.00. The van der Waals surface area contributed by atoms with Crippen LogP contribution in [0.4, 0.5) is 0 Å². The van der Waals surface area contributed by atoms with E-state index in [0.29, 0.717) is 0 Å². The molecule has 2 radical (unpaired) electrons. The maximum absolute atomic E-state index is 6.31. The van der Waals surface area contributed by atoms with Gasteiger partial charge in [-0.3, -0.25) is 0 Å². The standard InChI is InChI=1S/CH5N.3FH.Pb/c1-2;;;;/h2H2,1H3;3*1H;/q;;;;+2/p-2/i1D2;;;;/hD3. The SMILES string of the molecule is [2H]C([2H])[N+]([2H])([2H])[2H].[F-].[F-].[F-].[Pb+2]. The largest absolute Gasteiger partial charge is 2.00 e. The van der Waals surface area contributed by atoms with Gasteiger partial charge in [-0.15, -0.1) is 0 Å². The van der Waals surface area contributed by atoms with E-state index in [4.69, 9.17) is 6.98 Å². The number of hydrogen-bond donors (Lipinski definition) is 1. The zero-order chi connectivity index (χ0) is 6.08. The van der Waals surface area contributed by atoms with Crippen molar-refractivity contribution < 1.29 is 26.8 Å². The van der Waals surface area contributed by atoms with E-state index in [1.165, 1.54) is 0 Å². The molecule has 0 aromatic heterocycles. The van der Waals surface area contributed by atoms with Crippen molar-refractivity contribution in [1.82, 2.24) is 0 Å². The van der Waals surface area contributed by atoms with Gasteiger partial charge in [-0.25, -0.2) is 0 Å². The summed E-state index contributed by atoms with van der Waals surface area (Å²) in [6.07, 6.45) is 0. The van der Waals surface area contributed by atoms with Gasteiger partial charge >= 0.3 is 31.5 Å². The Balaban J connectivity index is -0.0000000300. The normalized spacial score (nSPS) is 15.8. The van der Waals surface area contributed by atoms with Gasteiger partial charge in [0.1, 0.15) is 0 Å². The van der Waals surface area contributed by atoms with Crippen molar-refractivity contribution in [1.29, 1.82) is 0 Å². The third-order valence-corrected chi connectivity index (χ3v) is 0. The Labute approximate surface area is 61.7 Å². The Morgan fingerprint density at radius 3 is 1.67 bits per heavy atom. The zero-order valence-corrected chi connectivity index (χ0v) is 6.55. The van der Waals surface area contributed by atoms with Gasteiger partial charge in [-0.1, -0.05) is 0 Å². The van der Waals surface area contributed by atoms with Crippen LogP contribution in [0.2, 0.25) is 4.24 Å². The molecule has 0 atom stereocenters. The summed E-state index contributed by atoms with van der Waals surface area (Å²) in [5, 5.41) is 0. The maximum Gasteiger partial charge on any atom is 2.00 e. The minimum Gasteiger partial charge on any atom is -1.00 e. The second-order valence-corrected chi connectivity index (χ2v) is 0. The molecule has 0 fully saturated rings. The summed E-state index contributed by atoms with van der Waals surface area (Å²) in [5.41, 5.74) is -1.86. The molecular formula is CH6F3NPb. The summed E-state index contributed by atoms with van der Waals surface area (Å²) in [6.45, 7) is -1.76.